The van der Waals surface area contributed by atoms with Crippen LogP contribution in [0.4, 0.5) is 23.2 Å². The Bertz CT molecular complexity index is 392. The summed E-state index contributed by atoms with van der Waals surface area (Å²) in [5.41, 5.74) is -0.573. The maximum Gasteiger partial charge on any atom is 0.405 e. The van der Waals surface area contributed by atoms with Crippen LogP contribution >= 0.6 is 0 Å². The molecule has 6 heteroatoms. The summed E-state index contributed by atoms with van der Waals surface area (Å²) in [6, 6.07) is 4.95. The Morgan fingerprint density at radius 1 is 1.33 bits per heavy atom. The smallest absolute Gasteiger partial charge is 0.375 e. The monoisotopic (exact) mass is 218 g/mol. The Hall–Kier alpha value is -1.77. The predicted octanol–water partition coefficient (Wildman–Crippen LogP) is 2.67. The van der Waals surface area contributed by atoms with Crippen molar-refractivity contribution in [3.8, 4) is 6.07 Å². The number of halogens is 4. The first-order valence-corrected chi connectivity index (χ1v) is 3.93. The maximum atomic E-state index is 12.9. The lowest BCUT2D eigenvalue weighted by atomic mass is 10.2. The number of alkyl halides is 3. The molecule has 0 aliphatic carbocycles. The molecule has 1 rings (SSSR count). The fourth-order valence-corrected chi connectivity index (χ4v) is 0.981. The minimum atomic E-state index is -4.40. The summed E-state index contributed by atoms with van der Waals surface area (Å²) in [5, 5.41) is 10.5. The van der Waals surface area contributed by atoms with Gasteiger partial charge in [-0.05, 0) is 12.1 Å². The van der Waals surface area contributed by atoms with E-state index < -0.39 is 24.1 Å². The zero-order valence-corrected chi connectivity index (χ0v) is 7.40. The van der Waals surface area contributed by atoms with Crippen LogP contribution in [-0.2, 0) is 0 Å². The molecule has 0 aliphatic heterocycles. The molecule has 0 aliphatic rings. The van der Waals surface area contributed by atoms with Crippen molar-refractivity contribution in [3.63, 3.8) is 0 Å². The Balaban J connectivity index is 2.87. The lowest BCUT2D eigenvalue weighted by molar-refractivity contribution is -0.115. The van der Waals surface area contributed by atoms with Crippen molar-refractivity contribution < 1.29 is 17.6 Å². The number of anilines is 1. The largest absolute Gasteiger partial charge is 0.405 e. The second-order valence-corrected chi connectivity index (χ2v) is 2.74. The third-order valence-corrected chi connectivity index (χ3v) is 1.60. The van der Waals surface area contributed by atoms with E-state index in [1.165, 1.54) is 18.2 Å². The Labute approximate surface area is 83.1 Å². The molecule has 15 heavy (non-hydrogen) atoms. The van der Waals surface area contributed by atoms with Crippen molar-refractivity contribution in [2.24, 2.45) is 0 Å². The van der Waals surface area contributed by atoms with Gasteiger partial charge in [-0.15, -0.1) is 0 Å². The molecule has 0 aromatic heterocycles. The standard InChI is InChI=1S/C9H6F4N2/c10-7-2-1-3-8(6(7)4-14)15-5-9(11,12)13/h1-3,15H,5H2. The summed E-state index contributed by atoms with van der Waals surface area (Å²) in [6.07, 6.45) is -4.40. The Morgan fingerprint density at radius 2 is 2.00 bits per heavy atom. The van der Waals surface area contributed by atoms with Crippen molar-refractivity contribution in [3.05, 3.63) is 29.6 Å². The Morgan fingerprint density at radius 3 is 2.53 bits per heavy atom. The molecule has 1 aromatic carbocycles. The predicted molar refractivity (Wildman–Crippen MR) is 45.7 cm³/mol. The van der Waals surface area contributed by atoms with Crippen LogP contribution in [0.5, 0.6) is 0 Å². The molecule has 0 saturated carbocycles. The number of nitrogens with zero attached hydrogens (tertiary/aromatic N) is 1. The van der Waals surface area contributed by atoms with Crippen LogP contribution in [0.1, 0.15) is 5.56 Å². The first-order chi connectivity index (χ1) is 6.94. The van der Waals surface area contributed by atoms with E-state index in [0.717, 1.165) is 6.07 Å². The molecule has 2 nitrogen and oxygen atoms in total. The normalized spacial score (nSPS) is 10.9. The molecule has 0 radical (unpaired) electrons. The fraction of sp³-hybridized carbons (Fsp3) is 0.222. The van der Waals surface area contributed by atoms with E-state index in [0.29, 0.717) is 0 Å². The molecule has 0 fully saturated rings. The van der Waals surface area contributed by atoms with Crippen LogP contribution in [0.25, 0.3) is 0 Å². The summed E-state index contributed by atoms with van der Waals surface area (Å²) < 4.78 is 48.4. The van der Waals surface area contributed by atoms with E-state index in [2.05, 4.69) is 0 Å². The summed E-state index contributed by atoms with van der Waals surface area (Å²) >= 11 is 0. The van der Waals surface area contributed by atoms with Gasteiger partial charge in [0.1, 0.15) is 24.0 Å². The second kappa shape index (κ2) is 4.17. The van der Waals surface area contributed by atoms with Crippen LogP contribution in [0.15, 0.2) is 18.2 Å². The van der Waals surface area contributed by atoms with Gasteiger partial charge in [0.2, 0.25) is 0 Å². The van der Waals surface area contributed by atoms with Gasteiger partial charge >= 0.3 is 6.18 Å². The van der Waals surface area contributed by atoms with Crippen molar-refractivity contribution in [1.29, 1.82) is 5.26 Å². The highest BCUT2D eigenvalue weighted by Gasteiger charge is 2.27. The average Bonchev–Trinajstić information content (AvgIpc) is 2.13. The van der Waals surface area contributed by atoms with Gasteiger partial charge in [0, 0.05) is 0 Å². The first-order valence-electron chi connectivity index (χ1n) is 3.93. The minimum absolute atomic E-state index is 0.158. The van der Waals surface area contributed by atoms with Crippen LogP contribution in [0.3, 0.4) is 0 Å². The molecule has 0 atom stereocenters. The molecule has 0 amide bonds. The SMILES string of the molecule is N#Cc1c(F)cccc1NCC(F)(F)F. The Kier molecular flexibility index (Phi) is 3.14. The lowest BCUT2D eigenvalue weighted by Crippen LogP contribution is -2.21. The van der Waals surface area contributed by atoms with Crippen LogP contribution in [0.2, 0.25) is 0 Å². The number of hydrogen-bond acceptors (Lipinski definition) is 2. The number of nitriles is 1. The molecule has 0 unspecified atom stereocenters. The first kappa shape index (κ1) is 11.3. The van der Waals surface area contributed by atoms with Crippen molar-refractivity contribution in [1.82, 2.24) is 0 Å². The summed E-state index contributed by atoms with van der Waals surface area (Å²) in [5.74, 6) is -0.843. The van der Waals surface area contributed by atoms with Gasteiger partial charge in [-0.2, -0.15) is 18.4 Å². The zero-order valence-electron chi connectivity index (χ0n) is 7.40. The maximum absolute atomic E-state index is 12.9. The van der Waals surface area contributed by atoms with Crippen molar-refractivity contribution in [2.75, 3.05) is 11.9 Å². The van der Waals surface area contributed by atoms with E-state index in [9.17, 15) is 17.6 Å². The van der Waals surface area contributed by atoms with E-state index in [-0.39, 0.29) is 5.69 Å². The van der Waals surface area contributed by atoms with Crippen molar-refractivity contribution in [2.45, 2.75) is 6.18 Å². The number of hydrogen-bond donors (Lipinski definition) is 1. The molecule has 1 N–H and O–H groups in total. The van der Waals surface area contributed by atoms with E-state index in [1.807, 2.05) is 5.32 Å². The van der Waals surface area contributed by atoms with E-state index >= 15 is 0 Å². The third kappa shape index (κ3) is 3.13. The van der Waals surface area contributed by atoms with Gasteiger partial charge in [0.05, 0.1) is 5.69 Å². The van der Waals surface area contributed by atoms with E-state index in [1.54, 1.807) is 0 Å². The molecule has 0 heterocycles. The minimum Gasteiger partial charge on any atom is -0.375 e. The quantitative estimate of drug-likeness (QED) is 0.774. The van der Waals surface area contributed by atoms with Gasteiger partial charge in [0.15, 0.2) is 0 Å². The molecule has 0 bridgehead atoms. The molecular formula is C9H6F4N2. The highest BCUT2D eigenvalue weighted by molar-refractivity contribution is 5.57. The van der Waals surface area contributed by atoms with E-state index in [4.69, 9.17) is 5.26 Å². The lowest BCUT2D eigenvalue weighted by Gasteiger charge is -2.10. The number of rotatable bonds is 2. The molecular weight excluding hydrogens is 212 g/mol. The highest BCUT2D eigenvalue weighted by atomic mass is 19.4. The topological polar surface area (TPSA) is 35.8 Å². The van der Waals surface area contributed by atoms with Gasteiger partial charge in [-0.1, -0.05) is 6.07 Å². The number of benzene rings is 1. The van der Waals surface area contributed by atoms with Crippen LogP contribution in [-0.4, -0.2) is 12.7 Å². The average molecular weight is 218 g/mol. The molecule has 0 saturated heterocycles. The molecule has 0 spiro atoms. The van der Waals surface area contributed by atoms with Crippen molar-refractivity contribution >= 4 is 5.69 Å². The molecule has 1 aromatic rings. The van der Waals surface area contributed by atoms with Gasteiger partial charge in [0.25, 0.3) is 0 Å². The zero-order chi connectivity index (χ0) is 11.5. The highest BCUT2D eigenvalue weighted by Crippen LogP contribution is 2.20. The second-order valence-electron chi connectivity index (χ2n) is 2.74. The van der Waals surface area contributed by atoms with Gasteiger partial charge in [-0.3, -0.25) is 0 Å². The summed E-state index contributed by atoms with van der Waals surface area (Å²) in [6.45, 7) is -1.30. The fourth-order valence-electron chi connectivity index (χ4n) is 0.981. The summed E-state index contributed by atoms with van der Waals surface area (Å²) in [7, 11) is 0. The van der Waals surface area contributed by atoms with Gasteiger partial charge < -0.3 is 5.32 Å². The van der Waals surface area contributed by atoms with Gasteiger partial charge in [-0.25, -0.2) is 4.39 Å². The molecule has 80 valence electrons. The van der Waals surface area contributed by atoms with Crippen LogP contribution < -0.4 is 5.32 Å². The summed E-state index contributed by atoms with van der Waals surface area (Å²) in [4.78, 5) is 0. The van der Waals surface area contributed by atoms with Crippen LogP contribution in [0, 0.1) is 17.1 Å². The number of nitrogens with one attached hydrogen (secondary N) is 1. The third-order valence-electron chi connectivity index (χ3n) is 1.60.